The number of hydrogen-bond acceptors (Lipinski definition) is 2. The van der Waals surface area contributed by atoms with Gasteiger partial charge < -0.3 is 5.73 Å². The summed E-state index contributed by atoms with van der Waals surface area (Å²) in [6.45, 7) is 1.04. The Kier molecular flexibility index (Phi) is 2.83. The highest BCUT2D eigenvalue weighted by molar-refractivity contribution is 5.81. The molecule has 0 aromatic rings. The van der Waals surface area contributed by atoms with Gasteiger partial charge in [-0.1, -0.05) is 0 Å². The van der Waals surface area contributed by atoms with Crippen molar-refractivity contribution in [1.29, 1.82) is 0 Å². The van der Waals surface area contributed by atoms with Crippen molar-refractivity contribution in [3.63, 3.8) is 0 Å². The number of hydrogen-bond donors (Lipinski definition) is 1. The molecule has 60 valence electrons. The Morgan fingerprint density at radius 2 is 2.00 bits per heavy atom. The van der Waals surface area contributed by atoms with Gasteiger partial charge in [-0.3, -0.25) is 4.79 Å². The summed E-state index contributed by atoms with van der Waals surface area (Å²) in [4.78, 5) is 10.2. The highest BCUT2D eigenvalue weighted by Gasteiger charge is 2.31. The van der Waals surface area contributed by atoms with Crippen LogP contribution in [0.25, 0.3) is 0 Å². The van der Waals surface area contributed by atoms with E-state index in [4.69, 9.17) is 5.73 Å². The van der Waals surface area contributed by atoms with E-state index >= 15 is 0 Å². The fourth-order valence-corrected chi connectivity index (χ4v) is 0.393. The van der Waals surface area contributed by atoms with Crippen LogP contribution in [0.5, 0.6) is 0 Å². The molecular weight excluding hydrogens is 147 g/mol. The molecule has 0 bridgehead atoms. The molecule has 0 aliphatic rings. The molecular formula is C5H8F3NO. The van der Waals surface area contributed by atoms with Crippen LogP contribution in [-0.4, -0.2) is 18.0 Å². The quantitative estimate of drug-likeness (QED) is 0.642. The lowest BCUT2D eigenvalue weighted by molar-refractivity contribution is -0.145. The second-order valence-electron chi connectivity index (χ2n) is 2.04. The first-order chi connectivity index (χ1) is 4.33. The lowest BCUT2D eigenvalue weighted by Gasteiger charge is -2.09. The van der Waals surface area contributed by atoms with Crippen LogP contribution in [0, 0.1) is 0 Å². The van der Waals surface area contributed by atoms with E-state index in [1.807, 2.05) is 0 Å². The summed E-state index contributed by atoms with van der Waals surface area (Å²) in [5.74, 6) is -0.641. The molecule has 0 aliphatic heterocycles. The number of ketones is 1. The Hall–Kier alpha value is -0.580. The average Bonchev–Trinajstić information content (AvgIpc) is 1.60. The highest BCUT2D eigenvalue weighted by atomic mass is 19.4. The number of halogens is 3. The lowest BCUT2D eigenvalue weighted by Crippen LogP contribution is -2.33. The van der Waals surface area contributed by atoms with Crippen LogP contribution < -0.4 is 5.73 Å². The van der Waals surface area contributed by atoms with Gasteiger partial charge in [0.05, 0.1) is 12.5 Å². The van der Waals surface area contributed by atoms with E-state index in [9.17, 15) is 18.0 Å². The van der Waals surface area contributed by atoms with Crippen molar-refractivity contribution in [2.45, 2.75) is 25.6 Å². The van der Waals surface area contributed by atoms with Crippen molar-refractivity contribution < 1.29 is 18.0 Å². The summed E-state index contributed by atoms with van der Waals surface area (Å²) in [6, 6.07) is -1.40. The molecule has 2 nitrogen and oxygen atoms in total. The number of Topliss-reactive ketones (excluding diaryl/α,β-unsaturated/α-hetero) is 1. The zero-order chi connectivity index (χ0) is 8.36. The van der Waals surface area contributed by atoms with Crippen LogP contribution in [0.4, 0.5) is 13.2 Å². The topological polar surface area (TPSA) is 43.1 Å². The minimum Gasteiger partial charge on any atom is -0.321 e. The van der Waals surface area contributed by atoms with Crippen LogP contribution in [-0.2, 0) is 4.79 Å². The third-order valence-electron chi connectivity index (χ3n) is 0.974. The molecule has 10 heavy (non-hydrogen) atoms. The minimum atomic E-state index is -4.34. The number of alkyl halides is 3. The van der Waals surface area contributed by atoms with E-state index in [2.05, 4.69) is 0 Å². The summed E-state index contributed by atoms with van der Waals surface area (Å²) < 4.78 is 34.3. The zero-order valence-electron chi connectivity index (χ0n) is 5.40. The molecule has 0 aromatic heterocycles. The Morgan fingerprint density at radius 3 is 2.10 bits per heavy atom. The van der Waals surface area contributed by atoms with Crippen molar-refractivity contribution in [2.24, 2.45) is 5.73 Å². The third kappa shape index (κ3) is 4.31. The molecule has 0 saturated heterocycles. The summed E-state index contributed by atoms with van der Waals surface area (Å²) >= 11 is 0. The van der Waals surface area contributed by atoms with Gasteiger partial charge in [0.15, 0.2) is 0 Å². The van der Waals surface area contributed by atoms with Gasteiger partial charge in [0.1, 0.15) is 5.78 Å². The molecule has 0 rings (SSSR count). The van der Waals surface area contributed by atoms with Crippen molar-refractivity contribution in [3.8, 4) is 0 Å². The smallest absolute Gasteiger partial charge is 0.321 e. The molecule has 0 aliphatic carbocycles. The van der Waals surface area contributed by atoms with Gasteiger partial charge in [0, 0.05) is 0 Å². The molecule has 1 unspecified atom stereocenters. The fraction of sp³-hybridized carbons (Fsp3) is 0.800. The number of carbonyl (C=O) groups excluding carboxylic acids is 1. The second-order valence-corrected chi connectivity index (χ2v) is 2.04. The number of nitrogens with two attached hydrogens (primary N) is 1. The maximum Gasteiger partial charge on any atom is 0.391 e. The Labute approximate surface area is 56.2 Å². The predicted molar refractivity (Wildman–Crippen MR) is 29.3 cm³/mol. The van der Waals surface area contributed by atoms with Gasteiger partial charge in [-0.2, -0.15) is 13.2 Å². The van der Waals surface area contributed by atoms with Crippen LogP contribution in [0.3, 0.4) is 0 Å². The second kappa shape index (κ2) is 3.01. The van der Waals surface area contributed by atoms with E-state index < -0.39 is 24.4 Å². The molecule has 1 atom stereocenters. The fourth-order valence-electron chi connectivity index (χ4n) is 0.393. The molecule has 0 saturated carbocycles. The molecule has 0 spiro atoms. The minimum absolute atomic E-state index is 0.641. The Balaban J connectivity index is 3.80. The van der Waals surface area contributed by atoms with Crippen LogP contribution in [0.2, 0.25) is 0 Å². The maximum absolute atomic E-state index is 11.4. The average molecular weight is 155 g/mol. The van der Waals surface area contributed by atoms with Gasteiger partial charge in [-0.05, 0) is 6.92 Å². The van der Waals surface area contributed by atoms with Gasteiger partial charge in [0.2, 0.25) is 0 Å². The van der Waals surface area contributed by atoms with E-state index in [1.54, 1.807) is 0 Å². The van der Waals surface area contributed by atoms with Crippen molar-refractivity contribution in [1.82, 2.24) is 0 Å². The third-order valence-corrected chi connectivity index (χ3v) is 0.974. The van der Waals surface area contributed by atoms with Crippen LogP contribution >= 0.6 is 0 Å². The summed E-state index contributed by atoms with van der Waals surface area (Å²) in [6.07, 6.45) is -5.58. The van der Waals surface area contributed by atoms with Crippen LogP contribution in [0.15, 0.2) is 0 Å². The molecule has 0 aromatic carbocycles. The number of rotatable bonds is 2. The van der Waals surface area contributed by atoms with E-state index in [1.165, 1.54) is 0 Å². The predicted octanol–water partition coefficient (Wildman–Crippen LogP) is 0.855. The van der Waals surface area contributed by atoms with Crippen molar-refractivity contribution in [2.75, 3.05) is 0 Å². The van der Waals surface area contributed by atoms with Crippen molar-refractivity contribution in [3.05, 3.63) is 0 Å². The van der Waals surface area contributed by atoms with Crippen molar-refractivity contribution >= 4 is 5.78 Å². The molecule has 0 radical (unpaired) electrons. The maximum atomic E-state index is 11.4. The zero-order valence-corrected chi connectivity index (χ0v) is 5.40. The normalized spacial score (nSPS) is 14.9. The van der Waals surface area contributed by atoms with Gasteiger partial charge >= 0.3 is 6.18 Å². The van der Waals surface area contributed by atoms with E-state index in [0.29, 0.717) is 0 Å². The largest absolute Gasteiger partial charge is 0.391 e. The van der Waals surface area contributed by atoms with E-state index in [0.717, 1.165) is 6.92 Å². The highest BCUT2D eigenvalue weighted by Crippen LogP contribution is 2.20. The lowest BCUT2D eigenvalue weighted by atomic mass is 10.1. The molecule has 5 heteroatoms. The molecule has 0 heterocycles. The molecule has 2 N–H and O–H groups in total. The van der Waals surface area contributed by atoms with E-state index in [-0.39, 0.29) is 0 Å². The Bertz CT molecular complexity index is 131. The first kappa shape index (κ1) is 9.42. The summed E-state index contributed by atoms with van der Waals surface area (Å²) in [5, 5.41) is 0. The number of carbonyl (C=O) groups is 1. The Morgan fingerprint density at radius 1 is 1.60 bits per heavy atom. The summed E-state index contributed by atoms with van der Waals surface area (Å²) in [7, 11) is 0. The van der Waals surface area contributed by atoms with Gasteiger partial charge in [0.25, 0.3) is 0 Å². The van der Waals surface area contributed by atoms with Crippen LogP contribution in [0.1, 0.15) is 13.3 Å². The standard InChI is InChI=1S/C5H8F3NO/c1-3(10)4(9)2-5(6,7)8/h4H,2,9H2,1H3. The van der Waals surface area contributed by atoms with Gasteiger partial charge in [-0.15, -0.1) is 0 Å². The first-order valence-electron chi connectivity index (χ1n) is 2.65. The summed E-state index contributed by atoms with van der Waals surface area (Å²) in [5.41, 5.74) is 4.83. The molecule has 0 fully saturated rings. The SMILES string of the molecule is CC(=O)C(N)CC(F)(F)F. The van der Waals surface area contributed by atoms with Gasteiger partial charge in [-0.25, -0.2) is 0 Å². The monoisotopic (exact) mass is 155 g/mol. The molecule has 0 amide bonds. The first-order valence-corrected chi connectivity index (χ1v) is 2.65.